The highest BCUT2D eigenvalue weighted by molar-refractivity contribution is 6.25. The zero-order valence-electron chi connectivity index (χ0n) is 4.23. The van der Waals surface area contributed by atoms with Gasteiger partial charge in [-0.15, -0.1) is 12.4 Å². The van der Waals surface area contributed by atoms with Crippen LogP contribution in [-0.2, 0) is 0 Å². The zero-order chi connectivity index (χ0) is 5.49. The monoisotopic (exact) mass is 159 g/mol. The number of halogens is 3. The van der Waals surface area contributed by atoms with Gasteiger partial charge in [0.2, 0.25) is 0 Å². The molecule has 0 bridgehead atoms. The molecule has 1 saturated carbocycles. The van der Waals surface area contributed by atoms with Crippen molar-refractivity contribution in [1.82, 2.24) is 0 Å². The SMILES string of the molecule is Cl.NCC1CC1(F)Cl. The summed E-state index contributed by atoms with van der Waals surface area (Å²) in [6.07, 6.45) is 0.436. The van der Waals surface area contributed by atoms with Gasteiger partial charge in [0.25, 0.3) is 0 Å². The average molecular weight is 160 g/mol. The summed E-state index contributed by atoms with van der Waals surface area (Å²) in [4.78, 5) is 0. The van der Waals surface area contributed by atoms with Crippen molar-refractivity contribution in [2.45, 2.75) is 11.5 Å². The molecule has 1 aliphatic carbocycles. The lowest BCUT2D eigenvalue weighted by Crippen LogP contribution is -2.05. The van der Waals surface area contributed by atoms with Crippen LogP contribution in [-0.4, -0.2) is 11.7 Å². The van der Waals surface area contributed by atoms with E-state index in [1.165, 1.54) is 0 Å². The van der Waals surface area contributed by atoms with Crippen LogP contribution in [0.3, 0.4) is 0 Å². The smallest absolute Gasteiger partial charge is 0.188 e. The van der Waals surface area contributed by atoms with Gasteiger partial charge in [0.05, 0.1) is 0 Å². The summed E-state index contributed by atoms with van der Waals surface area (Å²) in [5.74, 6) is -0.0748. The Bertz CT molecular complexity index is 86.1. The number of alkyl halides is 2. The molecule has 8 heavy (non-hydrogen) atoms. The molecule has 0 heterocycles. The maximum atomic E-state index is 12.1. The molecule has 0 aromatic rings. The van der Waals surface area contributed by atoms with E-state index in [0.29, 0.717) is 13.0 Å². The van der Waals surface area contributed by atoms with E-state index in [4.69, 9.17) is 17.3 Å². The topological polar surface area (TPSA) is 26.0 Å². The fourth-order valence-corrected chi connectivity index (χ4v) is 0.801. The van der Waals surface area contributed by atoms with Gasteiger partial charge in [0, 0.05) is 12.3 Å². The lowest BCUT2D eigenvalue weighted by Gasteiger charge is -1.88. The molecule has 4 heteroatoms. The second-order valence-electron chi connectivity index (χ2n) is 1.90. The third-order valence-electron chi connectivity index (χ3n) is 1.24. The first-order valence-electron chi connectivity index (χ1n) is 2.24. The Labute approximate surface area is 58.8 Å². The average Bonchev–Trinajstić information content (AvgIpc) is 2.13. The summed E-state index contributed by atoms with van der Waals surface area (Å²) < 4.78 is 12.1. The fraction of sp³-hybridized carbons (Fsp3) is 1.00. The minimum absolute atomic E-state index is 0. The third kappa shape index (κ3) is 1.47. The minimum Gasteiger partial charge on any atom is -0.330 e. The summed E-state index contributed by atoms with van der Waals surface area (Å²) in [5.41, 5.74) is 5.08. The van der Waals surface area contributed by atoms with E-state index in [1.54, 1.807) is 0 Å². The van der Waals surface area contributed by atoms with Crippen molar-refractivity contribution in [3.63, 3.8) is 0 Å². The summed E-state index contributed by atoms with van der Waals surface area (Å²) in [7, 11) is 0. The summed E-state index contributed by atoms with van der Waals surface area (Å²) in [6.45, 7) is 0.375. The van der Waals surface area contributed by atoms with E-state index in [2.05, 4.69) is 0 Å². The van der Waals surface area contributed by atoms with Crippen molar-refractivity contribution in [2.75, 3.05) is 6.54 Å². The number of hydrogen-bond donors (Lipinski definition) is 1. The van der Waals surface area contributed by atoms with Crippen LogP contribution in [0, 0.1) is 5.92 Å². The van der Waals surface area contributed by atoms with Crippen molar-refractivity contribution in [3.05, 3.63) is 0 Å². The van der Waals surface area contributed by atoms with Crippen molar-refractivity contribution in [2.24, 2.45) is 11.7 Å². The quantitative estimate of drug-likeness (QED) is 0.574. The van der Waals surface area contributed by atoms with Gasteiger partial charge >= 0.3 is 0 Å². The Morgan fingerprint density at radius 1 is 1.88 bits per heavy atom. The molecule has 0 radical (unpaired) electrons. The van der Waals surface area contributed by atoms with Crippen LogP contribution < -0.4 is 5.73 Å². The van der Waals surface area contributed by atoms with Crippen LogP contribution in [0.25, 0.3) is 0 Å². The van der Waals surface area contributed by atoms with Crippen LogP contribution in [0.5, 0.6) is 0 Å². The molecule has 1 fully saturated rings. The van der Waals surface area contributed by atoms with E-state index in [-0.39, 0.29) is 18.3 Å². The van der Waals surface area contributed by atoms with Crippen LogP contribution in [0.1, 0.15) is 6.42 Å². The van der Waals surface area contributed by atoms with E-state index < -0.39 is 5.13 Å². The van der Waals surface area contributed by atoms with Gasteiger partial charge in [0.1, 0.15) is 0 Å². The number of hydrogen-bond acceptors (Lipinski definition) is 1. The Morgan fingerprint density at radius 2 is 2.25 bits per heavy atom. The molecule has 0 spiro atoms. The highest BCUT2D eigenvalue weighted by atomic mass is 35.5. The maximum Gasteiger partial charge on any atom is 0.188 e. The Balaban J connectivity index is 0.000000490. The van der Waals surface area contributed by atoms with Crippen LogP contribution in [0.4, 0.5) is 4.39 Å². The fourth-order valence-electron chi connectivity index (χ4n) is 0.525. The molecular formula is C4H8Cl2FN. The van der Waals surface area contributed by atoms with Crippen molar-refractivity contribution >= 4 is 24.0 Å². The highest BCUT2D eigenvalue weighted by Crippen LogP contribution is 2.49. The van der Waals surface area contributed by atoms with Crippen LogP contribution in [0.2, 0.25) is 0 Å². The van der Waals surface area contributed by atoms with Crippen molar-refractivity contribution in [1.29, 1.82) is 0 Å². The predicted octanol–water partition coefficient (Wildman–Crippen LogP) is 1.29. The van der Waals surface area contributed by atoms with Gasteiger partial charge < -0.3 is 5.73 Å². The van der Waals surface area contributed by atoms with Crippen LogP contribution >= 0.6 is 24.0 Å². The molecule has 2 unspecified atom stereocenters. The molecule has 0 saturated heterocycles. The van der Waals surface area contributed by atoms with Crippen molar-refractivity contribution < 1.29 is 4.39 Å². The summed E-state index contributed by atoms with van der Waals surface area (Å²) in [5, 5.41) is -1.44. The van der Waals surface area contributed by atoms with Gasteiger partial charge in [-0.3, -0.25) is 0 Å². The Hall–Kier alpha value is 0.470. The summed E-state index contributed by atoms with van der Waals surface area (Å²) >= 11 is 5.16. The van der Waals surface area contributed by atoms with E-state index in [9.17, 15) is 4.39 Å². The van der Waals surface area contributed by atoms with Crippen molar-refractivity contribution in [3.8, 4) is 0 Å². The maximum absolute atomic E-state index is 12.1. The normalized spacial score (nSPS) is 43.1. The lowest BCUT2D eigenvalue weighted by atomic mass is 10.4. The third-order valence-corrected chi connectivity index (χ3v) is 1.70. The molecule has 0 aliphatic heterocycles. The van der Waals surface area contributed by atoms with E-state index in [0.717, 1.165) is 0 Å². The Kier molecular flexibility index (Phi) is 2.52. The van der Waals surface area contributed by atoms with E-state index >= 15 is 0 Å². The molecule has 1 nitrogen and oxygen atoms in total. The lowest BCUT2D eigenvalue weighted by molar-refractivity contribution is 0.397. The van der Waals surface area contributed by atoms with Crippen LogP contribution in [0.15, 0.2) is 0 Å². The molecular weight excluding hydrogens is 152 g/mol. The zero-order valence-corrected chi connectivity index (χ0v) is 5.81. The molecule has 0 aromatic carbocycles. The van der Waals surface area contributed by atoms with E-state index in [1.807, 2.05) is 0 Å². The Morgan fingerprint density at radius 3 is 2.25 bits per heavy atom. The van der Waals surface area contributed by atoms with Gasteiger partial charge in [-0.25, -0.2) is 4.39 Å². The van der Waals surface area contributed by atoms with Gasteiger partial charge in [-0.05, 0) is 6.54 Å². The second-order valence-corrected chi connectivity index (χ2v) is 2.53. The first-order chi connectivity index (χ1) is 3.17. The minimum atomic E-state index is -1.44. The first kappa shape index (κ1) is 8.47. The van der Waals surface area contributed by atoms with Gasteiger partial charge in [0.15, 0.2) is 5.13 Å². The highest BCUT2D eigenvalue weighted by Gasteiger charge is 2.52. The molecule has 2 N–H and O–H groups in total. The largest absolute Gasteiger partial charge is 0.330 e. The molecule has 0 aromatic heterocycles. The number of nitrogens with two attached hydrogens (primary N) is 1. The standard InChI is InChI=1S/C4H7ClFN.ClH/c5-4(6)1-3(4)2-7;/h3H,1-2,7H2;1H. The molecule has 1 aliphatic rings. The first-order valence-corrected chi connectivity index (χ1v) is 2.62. The molecule has 50 valence electrons. The molecule has 1 rings (SSSR count). The summed E-state index contributed by atoms with van der Waals surface area (Å²) in [6, 6.07) is 0. The molecule has 0 amide bonds. The molecule has 2 atom stereocenters. The second kappa shape index (κ2) is 2.38. The predicted molar refractivity (Wildman–Crippen MR) is 34.1 cm³/mol. The van der Waals surface area contributed by atoms with Gasteiger partial charge in [-0.2, -0.15) is 0 Å². The number of rotatable bonds is 1. The van der Waals surface area contributed by atoms with Gasteiger partial charge in [-0.1, -0.05) is 11.6 Å².